The molecule has 0 saturated carbocycles. The number of aliphatic hydroxyl groups is 1. The number of hydrogen-bond donors (Lipinski definition) is 2. The van der Waals surface area contributed by atoms with Crippen LogP contribution >= 0.6 is 11.8 Å². The average Bonchev–Trinajstić information content (AvgIpc) is 2.79. The molecule has 2 N–H and O–H groups in total. The van der Waals surface area contributed by atoms with E-state index in [0.717, 1.165) is 16.5 Å². The van der Waals surface area contributed by atoms with Gasteiger partial charge in [-0.2, -0.15) is 11.8 Å². The second-order valence-electron chi connectivity index (χ2n) is 5.70. The van der Waals surface area contributed by atoms with Gasteiger partial charge in [0.2, 0.25) is 0 Å². The molecule has 21 heavy (non-hydrogen) atoms. The van der Waals surface area contributed by atoms with Crippen molar-refractivity contribution in [2.45, 2.75) is 26.4 Å². The number of carbonyl (C=O) groups is 1. The van der Waals surface area contributed by atoms with E-state index in [9.17, 15) is 9.90 Å². The molecule has 114 valence electrons. The number of carbonyl (C=O) groups excluding carboxylic acids is 1. The zero-order chi connectivity index (χ0) is 15.6. The third kappa shape index (κ3) is 3.80. The number of amides is 1. The van der Waals surface area contributed by atoms with Gasteiger partial charge in [0, 0.05) is 17.7 Å². The Bertz CT molecular complexity index is 622. The first-order chi connectivity index (χ1) is 9.82. The molecular weight excluding hydrogens is 286 g/mol. The van der Waals surface area contributed by atoms with Crippen molar-refractivity contribution in [2.24, 2.45) is 0 Å². The monoisotopic (exact) mass is 307 g/mol. The summed E-state index contributed by atoms with van der Waals surface area (Å²) in [5.41, 5.74) is 2.08. The maximum Gasteiger partial charge on any atom is 0.287 e. The summed E-state index contributed by atoms with van der Waals surface area (Å²) in [6.45, 7) is 5.94. The summed E-state index contributed by atoms with van der Waals surface area (Å²) in [6.07, 6.45) is 1.92. The summed E-state index contributed by atoms with van der Waals surface area (Å²) in [6, 6.07) is 5.68. The van der Waals surface area contributed by atoms with Crippen LogP contribution in [-0.2, 0) is 0 Å². The number of furan rings is 1. The minimum atomic E-state index is -0.922. The maximum absolute atomic E-state index is 12.1. The third-order valence-electron chi connectivity index (χ3n) is 3.44. The van der Waals surface area contributed by atoms with Crippen LogP contribution in [-0.4, -0.2) is 35.2 Å². The number of aryl methyl sites for hydroxylation is 2. The fourth-order valence-corrected chi connectivity index (χ4v) is 2.86. The SMILES string of the molecule is CSCC(C)(O)CNC(=O)c1cc2cc(C)c(C)cc2o1. The van der Waals surface area contributed by atoms with E-state index in [1.165, 1.54) is 11.8 Å². The highest BCUT2D eigenvalue weighted by atomic mass is 32.2. The van der Waals surface area contributed by atoms with Crippen molar-refractivity contribution in [3.63, 3.8) is 0 Å². The number of fused-ring (bicyclic) bond motifs is 1. The highest BCUT2D eigenvalue weighted by Crippen LogP contribution is 2.23. The maximum atomic E-state index is 12.1. The van der Waals surface area contributed by atoms with E-state index in [2.05, 4.69) is 5.32 Å². The van der Waals surface area contributed by atoms with E-state index in [0.29, 0.717) is 11.3 Å². The van der Waals surface area contributed by atoms with E-state index >= 15 is 0 Å². The lowest BCUT2D eigenvalue weighted by Crippen LogP contribution is -2.42. The van der Waals surface area contributed by atoms with Crippen LogP contribution in [0.1, 0.15) is 28.6 Å². The van der Waals surface area contributed by atoms with E-state index in [4.69, 9.17) is 4.42 Å². The van der Waals surface area contributed by atoms with Crippen LogP contribution in [0.15, 0.2) is 22.6 Å². The second-order valence-corrected chi connectivity index (χ2v) is 6.56. The summed E-state index contributed by atoms with van der Waals surface area (Å²) in [5, 5.41) is 13.7. The van der Waals surface area contributed by atoms with Crippen molar-refractivity contribution in [3.8, 4) is 0 Å². The van der Waals surface area contributed by atoms with E-state index < -0.39 is 5.60 Å². The molecule has 0 fully saturated rings. The van der Waals surface area contributed by atoms with E-state index in [1.54, 1.807) is 13.0 Å². The van der Waals surface area contributed by atoms with Gasteiger partial charge in [-0.3, -0.25) is 4.79 Å². The normalized spacial score (nSPS) is 14.1. The summed E-state index contributed by atoms with van der Waals surface area (Å²) in [5.74, 6) is 0.532. The second kappa shape index (κ2) is 6.12. The van der Waals surface area contributed by atoms with Crippen LogP contribution in [0.4, 0.5) is 0 Å². The van der Waals surface area contributed by atoms with Gasteiger partial charge in [0.05, 0.1) is 5.60 Å². The fourth-order valence-electron chi connectivity index (χ4n) is 2.13. The fraction of sp³-hybridized carbons (Fsp3) is 0.438. The lowest BCUT2D eigenvalue weighted by molar-refractivity contribution is 0.0711. The summed E-state index contributed by atoms with van der Waals surface area (Å²) >= 11 is 1.54. The Morgan fingerprint density at radius 3 is 2.67 bits per heavy atom. The molecule has 1 heterocycles. The molecule has 0 spiro atoms. The largest absolute Gasteiger partial charge is 0.451 e. The Kier molecular flexibility index (Phi) is 4.64. The molecule has 2 rings (SSSR count). The van der Waals surface area contributed by atoms with Crippen molar-refractivity contribution >= 4 is 28.6 Å². The lowest BCUT2D eigenvalue weighted by atomic mass is 10.1. The zero-order valence-electron chi connectivity index (χ0n) is 12.8. The highest BCUT2D eigenvalue weighted by Gasteiger charge is 2.22. The van der Waals surface area contributed by atoms with Crippen molar-refractivity contribution in [2.75, 3.05) is 18.6 Å². The van der Waals surface area contributed by atoms with E-state index in [1.807, 2.05) is 32.2 Å². The minimum absolute atomic E-state index is 0.196. The number of nitrogens with one attached hydrogen (secondary N) is 1. The molecule has 0 aliphatic rings. The van der Waals surface area contributed by atoms with Gasteiger partial charge in [0.1, 0.15) is 5.58 Å². The summed E-state index contributed by atoms with van der Waals surface area (Å²) in [4.78, 5) is 12.1. The molecule has 1 aromatic heterocycles. The van der Waals surface area contributed by atoms with Crippen LogP contribution in [0.5, 0.6) is 0 Å². The predicted molar refractivity (Wildman–Crippen MR) is 87.0 cm³/mol. The quantitative estimate of drug-likeness (QED) is 0.891. The number of thioether (sulfide) groups is 1. The molecule has 0 radical (unpaired) electrons. The molecule has 5 heteroatoms. The van der Waals surface area contributed by atoms with Crippen LogP contribution in [0.3, 0.4) is 0 Å². The van der Waals surface area contributed by atoms with Gasteiger partial charge in [-0.1, -0.05) is 0 Å². The zero-order valence-corrected chi connectivity index (χ0v) is 13.6. The molecule has 0 aliphatic heterocycles. The molecule has 4 nitrogen and oxygen atoms in total. The molecule has 0 saturated heterocycles. The topological polar surface area (TPSA) is 62.5 Å². The first-order valence-corrected chi connectivity index (χ1v) is 8.22. The van der Waals surface area contributed by atoms with Gasteiger partial charge in [0.15, 0.2) is 5.76 Å². The Morgan fingerprint density at radius 1 is 1.33 bits per heavy atom. The number of rotatable bonds is 5. The lowest BCUT2D eigenvalue weighted by Gasteiger charge is -2.22. The molecule has 2 aromatic rings. The van der Waals surface area contributed by atoms with Gasteiger partial charge < -0.3 is 14.8 Å². The van der Waals surface area contributed by atoms with Gasteiger partial charge in [-0.25, -0.2) is 0 Å². The number of hydrogen-bond acceptors (Lipinski definition) is 4. The van der Waals surface area contributed by atoms with Crippen LogP contribution < -0.4 is 5.32 Å². The minimum Gasteiger partial charge on any atom is -0.451 e. The van der Waals surface area contributed by atoms with Crippen LogP contribution in [0.2, 0.25) is 0 Å². The summed E-state index contributed by atoms with van der Waals surface area (Å²) in [7, 11) is 0. The molecule has 0 bridgehead atoms. The average molecular weight is 307 g/mol. The van der Waals surface area contributed by atoms with Gasteiger partial charge in [-0.05, 0) is 56.4 Å². The van der Waals surface area contributed by atoms with E-state index in [-0.39, 0.29) is 18.2 Å². The number of benzene rings is 1. The van der Waals surface area contributed by atoms with Gasteiger partial charge >= 0.3 is 0 Å². The van der Waals surface area contributed by atoms with Crippen molar-refractivity contribution < 1.29 is 14.3 Å². The van der Waals surface area contributed by atoms with Crippen LogP contribution in [0.25, 0.3) is 11.0 Å². The summed E-state index contributed by atoms with van der Waals surface area (Å²) < 4.78 is 5.59. The first kappa shape index (κ1) is 15.9. The Labute approximate surface area is 128 Å². The molecular formula is C16H21NO3S. The van der Waals surface area contributed by atoms with Gasteiger partial charge in [0.25, 0.3) is 5.91 Å². The van der Waals surface area contributed by atoms with Crippen molar-refractivity contribution in [3.05, 3.63) is 35.1 Å². The Morgan fingerprint density at radius 2 is 2.00 bits per heavy atom. The van der Waals surface area contributed by atoms with Crippen LogP contribution in [0, 0.1) is 13.8 Å². The highest BCUT2D eigenvalue weighted by molar-refractivity contribution is 7.98. The predicted octanol–water partition coefficient (Wildman–Crippen LogP) is 2.89. The molecule has 1 atom stereocenters. The smallest absolute Gasteiger partial charge is 0.287 e. The molecule has 1 unspecified atom stereocenters. The van der Waals surface area contributed by atoms with Gasteiger partial charge in [-0.15, -0.1) is 0 Å². The molecule has 1 aromatic carbocycles. The van der Waals surface area contributed by atoms with Crippen molar-refractivity contribution in [1.29, 1.82) is 0 Å². The Balaban J connectivity index is 2.13. The first-order valence-electron chi connectivity index (χ1n) is 6.83. The van der Waals surface area contributed by atoms with Crippen molar-refractivity contribution in [1.82, 2.24) is 5.32 Å². The molecule has 0 aliphatic carbocycles. The standard InChI is InChI=1S/C16H21NO3S/c1-10-5-12-7-14(20-13(12)6-11(10)2)15(18)17-8-16(3,19)9-21-4/h5-7,19H,8-9H2,1-4H3,(H,17,18). The Hall–Kier alpha value is -1.46. The third-order valence-corrected chi connectivity index (χ3v) is 4.35. The molecule has 1 amide bonds.